The Hall–Kier alpha value is -1.14. The van der Waals surface area contributed by atoms with Crippen LogP contribution in [0.4, 0.5) is 17.6 Å². The fourth-order valence-corrected chi connectivity index (χ4v) is 2.67. The zero-order valence-electron chi connectivity index (χ0n) is 10.5. The summed E-state index contributed by atoms with van der Waals surface area (Å²) in [5.74, 6) is -0.964. The van der Waals surface area contributed by atoms with E-state index in [4.69, 9.17) is 5.73 Å². The van der Waals surface area contributed by atoms with Crippen LogP contribution in [0.1, 0.15) is 23.6 Å². The molecule has 1 aromatic carbocycles. The van der Waals surface area contributed by atoms with E-state index in [0.717, 1.165) is 6.07 Å². The Morgan fingerprint density at radius 3 is 2.58 bits per heavy atom. The molecule has 1 fully saturated rings. The summed E-state index contributed by atoms with van der Waals surface area (Å²) >= 11 is 0. The lowest BCUT2D eigenvalue weighted by Gasteiger charge is -2.21. The third-order valence-corrected chi connectivity index (χ3v) is 3.66. The number of likely N-dealkylation sites (tertiary alicyclic amines) is 1. The summed E-state index contributed by atoms with van der Waals surface area (Å²) in [5, 5.41) is 0. The molecular formula is C13H16F4N2. The van der Waals surface area contributed by atoms with Gasteiger partial charge in [0.05, 0.1) is 5.56 Å². The van der Waals surface area contributed by atoms with Crippen LogP contribution in [0.3, 0.4) is 0 Å². The number of rotatable bonds is 2. The molecule has 0 radical (unpaired) electrons. The first-order valence-electron chi connectivity index (χ1n) is 6.10. The van der Waals surface area contributed by atoms with Crippen LogP contribution in [-0.2, 0) is 6.18 Å². The van der Waals surface area contributed by atoms with Crippen molar-refractivity contribution in [1.29, 1.82) is 0 Å². The number of hydrogen-bond acceptors (Lipinski definition) is 2. The Kier molecular flexibility index (Phi) is 3.82. The molecule has 1 saturated heterocycles. The molecule has 2 unspecified atom stereocenters. The second kappa shape index (κ2) is 5.09. The van der Waals surface area contributed by atoms with E-state index in [9.17, 15) is 17.6 Å². The predicted octanol–water partition coefficient (Wildman–Crippen LogP) is 2.80. The van der Waals surface area contributed by atoms with Crippen molar-refractivity contribution in [2.45, 2.75) is 18.6 Å². The van der Waals surface area contributed by atoms with E-state index in [0.29, 0.717) is 19.5 Å². The Morgan fingerprint density at radius 1 is 1.37 bits per heavy atom. The minimum absolute atomic E-state index is 0.105. The van der Waals surface area contributed by atoms with Crippen LogP contribution >= 0.6 is 0 Å². The van der Waals surface area contributed by atoms with E-state index in [-0.39, 0.29) is 17.5 Å². The van der Waals surface area contributed by atoms with Crippen molar-refractivity contribution in [2.75, 3.05) is 20.1 Å². The van der Waals surface area contributed by atoms with Crippen LogP contribution in [0.15, 0.2) is 18.2 Å². The zero-order valence-corrected chi connectivity index (χ0v) is 10.5. The first-order valence-corrected chi connectivity index (χ1v) is 6.10. The van der Waals surface area contributed by atoms with E-state index in [2.05, 4.69) is 0 Å². The molecule has 1 aliphatic heterocycles. The van der Waals surface area contributed by atoms with E-state index in [1.165, 1.54) is 12.1 Å². The highest BCUT2D eigenvalue weighted by Gasteiger charge is 2.38. The van der Waals surface area contributed by atoms with Crippen LogP contribution in [0, 0.1) is 11.7 Å². The van der Waals surface area contributed by atoms with E-state index in [1.807, 2.05) is 4.90 Å². The summed E-state index contributed by atoms with van der Waals surface area (Å²) in [5.41, 5.74) is 4.48. The maximum atomic E-state index is 14.0. The topological polar surface area (TPSA) is 29.3 Å². The fourth-order valence-electron chi connectivity index (χ4n) is 2.67. The monoisotopic (exact) mass is 276 g/mol. The van der Waals surface area contributed by atoms with Crippen molar-refractivity contribution in [3.63, 3.8) is 0 Å². The minimum atomic E-state index is -4.66. The fraction of sp³-hybridized carbons (Fsp3) is 0.538. The molecule has 19 heavy (non-hydrogen) atoms. The Labute approximate surface area is 109 Å². The molecule has 1 aromatic rings. The van der Waals surface area contributed by atoms with Gasteiger partial charge in [-0.3, -0.25) is 4.90 Å². The third-order valence-electron chi connectivity index (χ3n) is 3.66. The summed E-state index contributed by atoms with van der Waals surface area (Å²) < 4.78 is 52.1. The van der Waals surface area contributed by atoms with Gasteiger partial charge < -0.3 is 5.73 Å². The van der Waals surface area contributed by atoms with Gasteiger partial charge in [-0.05, 0) is 32.0 Å². The molecule has 2 rings (SSSR count). The molecule has 0 amide bonds. The summed E-state index contributed by atoms with van der Waals surface area (Å²) in [6, 6.07) is 3.11. The Morgan fingerprint density at radius 2 is 2.05 bits per heavy atom. The highest BCUT2D eigenvalue weighted by atomic mass is 19.4. The molecule has 0 spiro atoms. The summed E-state index contributed by atoms with van der Waals surface area (Å²) in [4.78, 5) is 1.86. The van der Waals surface area contributed by atoms with Crippen molar-refractivity contribution in [1.82, 2.24) is 4.90 Å². The standard InChI is InChI=1S/C13H16F4N2/c1-19-7-8(6-18)5-11(19)9-3-2-4-10(12(9)14)13(15,16)17/h2-4,8,11H,5-7,18H2,1H3. The second-order valence-corrected chi connectivity index (χ2v) is 5.00. The molecule has 0 saturated carbocycles. The van der Waals surface area contributed by atoms with Gasteiger partial charge in [0.2, 0.25) is 0 Å². The maximum absolute atomic E-state index is 14.0. The summed E-state index contributed by atoms with van der Waals surface area (Å²) in [6.45, 7) is 1.14. The average molecular weight is 276 g/mol. The van der Waals surface area contributed by atoms with Crippen LogP contribution in [-0.4, -0.2) is 25.0 Å². The number of alkyl halides is 3. The van der Waals surface area contributed by atoms with E-state index >= 15 is 0 Å². The van der Waals surface area contributed by atoms with E-state index in [1.54, 1.807) is 7.05 Å². The molecule has 106 valence electrons. The normalized spacial score (nSPS) is 24.9. The maximum Gasteiger partial charge on any atom is 0.419 e. The van der Waals surface area contributed by atoms with Crippen molar-refractivity contribution < 1.29 is 17.6 Å². The van der Waals surface area contributed by atoms with Crippen molar-refractivity contribution in [2.24, 2.45) is 11.7 Å². The lowest BCUT2D eigenvalue weighted by atomic mass is 9.97. The molecule has 1 heterocycles. The molecule has 0 aromatic heterocycles. The Balaban J connectivity index is 2.36. The molecular weight excluding hydrogens is 260 g/mol. The molecule has 2 atom stereocenters. The lowest BCUT2D eigenvalue weighted by molar-refractivity contribution is -0.140. The molecule has 1 aliphatic rings. The van der Waals surface area contributed by atoms with Gasteiger partial charge in [0.25, 0.3) is 0 Å². The van der Waals surface area contributed by atoms with Gasteiger partial charge in [-0.15, -0.1) is 0 Å². The number of halogens is 4. The van der Waals surface area contributed by atoms with Crippen LogP contribution in [0.2, 0.25) is 0 Å². The van der Waals surface area contributed by atoms with Gasteiger partial charge in [-0.1, -0.05) is 12.1 Å². The van der Waals surface area contributed by atoms with Gasteiger partial charge >= 0.3 is 6.18 Å². The van der Waals surface area contributed by atoms with Crippen molar-refractivity contribution >= 4 is 0 Å². The highest BCUT2D eigenvalue weighted by Crippen LogP contribution is 2.39. The zero-order chi connectivity index (χ0) is 14.2. The third kappa shape index (κ3) is 2.74. The van der Waals surface area contributed by atoms with Gasteiger partial charge in [0.15, 0.2) is 0 Å². The van der Waals surface area contributed by atoms with Crippen molar-refractivity contribution in [3.8, 4) is 0 Å². The van der Waals surface area contributed by atoms with Gasteiger partial charge in [-0.2, -0.15) is 13.2 Å². The number of hydrogen-bond donors (Lipinski definition) is 1. The number of nitrogens with zero attached hydrogens (tertiary/aromatic N) is 1. The molecule has 2 nitrogen and oxygen atoms in total. The predicted molar refractivity (Wildman–Crippen MR) is 63.9 cm³/mol. The van der Waals surface area contributed by atoms with E-state index < -0.39 is 17.6 Å². The molecule has 6 heteroatoms. The van der Waals surface area contributed by atoms with Crippen LogP contribution < -0.4 is 5.73 Å². The Bertz CT molecular complexity index is 458. The lowest BCUT2D eigenvalue weighted by Crippen LogP contribution is -2.21. The largest absolute Gasteiger partial charge is 0.419 e. The SMILES string of the molecule is CN1CC(CN)CC1c1cccc(C(F)(F)F)c1F. The summed E-state index contributed by atoms with van der Waals surface area (Å²) in [7, 11) is 1.78. The first-order chi connectivity index (χ1) is 8.84. The number of nitrogens with two attached hydrogens (primary N) is 1. The molecule has 0 bridgehead atoms. The summed E-state index contributed by atoms with van der Waals surface area (Å²) in [6.07, 6.45) is -4.07. The first kappa shape index (κ1) is 14.3. The quantitative estimate of drug-likeness (QED) is 0.842. The van der Waals surface area contributed by atoms with Crippen molar-refractivity contribution in [3.05, 3.63) is 35.1 Å². The average Bonchev–Trinajstić information content (AvgIpc) is 2.69. The number of benzene rings is 1. The second-order valence-electron chi connectivity index (χ2n) is 5.00. The molecule has 0 aliphatic carbocycles. The van der Waals surface area contributed by atoms with Crippen LogP contribution in [0.25, 0.3) is 0 Å². The van der Waals surface area contributed by atoms with Crippen LogP contribution in [0.5, 0.6) is 0 Å². The van der Waals surface area contributed by atoms with Gasteiger partial charge in [0, 0.05) is 18.2 Å². The smallest absolute Gasteiger partial charge is 0.330 e. The molecule has 2 N–H and O–H groups in total. The van der Waals surface area contributed by atoms with Gasteiger partial charge in [-0.25, -0.2) is 4.39 Å². The minimum Gasteiger partial charge on any atom is -0.330 e. The highest BCUT2D eigenvalue weighted by molar-refractivity contribution is 5.31. The van der Waals surface area contributed by atoms with Gasteiger partial charge in [0.1, 0.15) is 5.82 Å².